The Kier molecular flexibility index (Phi) is 4.90. The quantitative estimate of drug-likeness (QED) is 0.658. The third-order valence-electron chi connectivity index (χ3n) is 2.94. The maximum Gasteiger partial charge on any atom is 0.0515 e. The van der Waals surface area contributed by atoms with Crippen LogP contribution >= 0.6 is 0 Å². The Labute approximate surface area is 88.1 Å². The van der Waals surface area contributed by atoms with E-state index in [1.165, 1.54) is 19.3 Å². The second-order valence-electron chi connectivity index (χ2n) is 5.18. The van der Waals surface area contributed by atoms with Gasteiger partial charge in [0.15, 0.2) is 0 Å². The van der Waals surface area contributed by atoms with Gasteiger partial charge in [0.1, 0.15) is 0 Å². The van der Waals surface area contributed by atoms with E-state index in [0.29, 0.717) is 12.0 Å². The average molecular weight is 199 g/mol. The summed E-state index contributed by atoms with van der Waals surface area (Å²) >= 11 is 0. The van der Waals surface area contributed by atoms with Crippen molar-refractivity contribution in [2.45, 2.75) is 58.6 Å². The van der Waals surface area contributed by atoms with E-state index in [1.807, 2.05) is 6.92 Å². The number of hydrogen-bond donors (Lipinski definition) is 2. The van der Waals surface area contributed by atoms with Gasteiger partial charge in [0.25, 0.3) is 0 Å². The first-order valence-electron chi connectivity index (χ1n) is 5.99. The van der Waals surface area contributed by atoms with Crippen LogP contribution in [0.4, 0.5) is 0 Å². The van der Waals surface area contributed by atoms with Crippen molar-refractivity contribution in [3.05, 3.63) is 0 Å². The van der Waals surface area contributed by atoms with Crippen LogP contribution in [0, 0.1) is 11.8 Å². The molecular weight excluding hydrogens is 174 g/mol. The zero-order valence-electron chi connectivity index (χ0n) is 9.79. The fourth-order valence-electron chi connectivity index (χ4n) is 2.00. The molecular formula is C12H25NO. The molecule has 0 aromatic heterocycles. The summed E-state index contributed by atoms with van der Waals surface area (Å²) in [7, 11) is 0. The van der Waals surface area contributed by atoms with E-state index in [9.17, 15) is 5.11 Å². The summed E-state index contributed by atoms with van der Waals surface area (Å²) in [4.78, 5) is 0. The lowest BCUT2D eigenvalue weighted by Crippen LogP contribution is -2.31. The Balaban J connectivity index is 1.99. The molecule has 0 heterocycles. The molecule has 1 rings (SSSR count). The maximum atomic E-state index is 9.22. The minimum Gasteiger partial charge on any atom is -0.393 e. The monoisotopic (exact) mass is 199 g/mol. The number of aliphatic hydroxyl groups is 1. The highest BCUT2D eigenvalue weighted by molar-refractivity contribution is 4.78. The van der Waals surface area contributed by atoms with E-state index >= 15 is 0 Å². The highest BCUT2D eigenvalue weighted by Crippen LogP contribution is 2.33. The molecule has 0 radical (unpaired) electrons. The SMILES string of the molecule is CC(O)CC(C)CNC(C)CC1CC1. The van der Waals surface area contributed by atoms with Crippen LogP contribution in [0.2, 0.25) is 0 Å². The molecule has 3 atom stereocenters. The molecule has 1 saturated carbocycles. The summed E-state index contributed by atoms with van der Waals surface area (Å²) in [5.41, 5.74) is 0. The Morgan fingerprint density at radius 2 is 1.93 bits per heavy atom. The van der Waals surface area contributed by atoms with Crippen molar-refractivity contribution in [3.63, 3.8) is 0 Å². The van der Waals surface area contributed by atoms with Crippen LogP contribution in [0.25, 0.3) is 0 Å². The van der Waals surface area contributed by atoms with E-state index in [-0.39, 0.29) is 6.10 Å². The molecule has 0 aliphatic heterocycles. The van der Waals surface area contributed by atoms with Crippen molar-refractivity contribution in [1.29, 1.82) is 0 Å². The van der Waals surface area contributed by atoms with Gasteiger partial charge in [-0.2, -0.15) is 0 Å². The summed E-state index contributed by atoms with van der Waals surface area (Å²) in [6, 6.07) is 0.652. The normalized spacial score (nSPS) is 23.1. The van der Waals surface area contributed by atoms with Crippen LogP contribution in [0.1, 0.15) is 46.5 Å². The summed E-state index contributed by atoms with van der Waals surface area (Å²) in [5.74, 6) is 1.58. The Hall–Kier alpha value is -0.0800. The lowest BCUT2D eigenvalue weighted by atomic mass is 10.0. The van der Waals surface area contributed by atoms with E-state index in [4.69, 9.17) is 0 Å². The van der Waals surface area contributed by atoms with Crippen LogP contribution in [-0.2, 0) is 0 Å². The Morgan fingerprint density at radius 3 is 2.43 bits per heavy atom. The fraction of sp³-hybridized carbons (Fsp3) is 1.00. The molecule has 2 N–H and O–H groups in total. The molecule has 0 amide bonds. The Bertz CT molecular complexity index is 144. The van der Waals surface area contributed by atoms with Crippen molar-refractivity contribution in [1.82, 2.24) is 5.32 Å². The zero-order chi connectivity index (χ0) is 10.6. The van der Waals surface area contributed by atoms with Crippen molar-refractivity contribution in [2.24, 2.45) is 11.8 Å². The van der Waals surface area contributed by atoms with Gasteiger partial charge in [0, 0.05) is 6.04 Å². The molecule has 1 fully saturated rings. The van der Waals surface area contributed by atoms with Gasteiger partial charge in [0.2, 0.25) is 0 Å². The predicted molar refractivity (Wildman–Crippen MR) is 60.3 cm³/mol. The smallest absolute Gasteiger partial charge is 0.0515 e. The molecule has 2 nitrogen and oxygen atoms in total. The molecule has 84 valence electrons. The number of hydrogen-bond acceptors (Lipinski definition) is 2. The first-order valence-corrected chi connectivity index (χ1v) is 5.99. The standard InChI is InChI=1S/C12H25NO/c1-9(6-11(3)14)8-13-10(2)7-12-4-5-12/h9-14H,4-8H2,1-3H3. The molecule has 1 aliphatic rings. The summed E-state index contributed by atoms with van der Waals surface area (Å²) in [6.07, 6.45) is 4.96. The molecule has 0 bridgehead atoms. The molecule has 3 unspecified atom stereocenters. The fourth-order valence-corrected chi connectivity index (χ4v) is 2.00. The Morgan fingerprint density at radius 1 is 1.29 bits per heavy atom. The van der Waals surface area contributed by atoms with Gasteiger partial charge in [-0.1, -0.05) is 19.8 Å². The van der Waals surface area contributed by atoms with Crippen molar-refractivity contribution in [2.75, 3.05) is 6.54 Å². The summed E-state index contributed by atoms with van der Waals surface area (Å²) in [6.45, 7) is 7.37. The summed E-state index contributed by atoms with van der Waals surface area (Å²) in [5, 5.41) is 12.8. The van der Waals surface area contributed by atoms with Crippen molar-refractivity contribution in [3.8, 4) is 0 Å². The van der Waals surface area contributed by atoms with Gasteiger partial charge in [0.05, 0.1) is 6.10 Å². The third-order valence-corrected chi connectivity index (χ3v) is 2.94. The van der Waals surface area contributed by atoms with Gasteiger partial charge in [-0.05, 0) is 45.1 Å². The topological polar surface area (TPSA) is 32.3 Å². The molecule has 1 aliphatic carbocycles. The highest BCUT2D eigenvalue weighted by atomic mass is 16.3. The lowest BCUT2D eigenvalue weighted by Gasteiger charge is -2.18. The van der Waals surface area contributed by atoms with Gasteiger partial charge >= 0.3 is 0 Å². The van der Waals surface area contributed by atoms with E-state index < -0.39 is 0 Å². The van der Waals surface area contributed by atoms with Gasteiger partial charge in [-0.3, -0.25) is 0 Å². The van der Waals surface area contributed by atoms with E-state index in [1.54, 1.807) is 0 Å². The highest BCUT2D eigenvalue weighted by Gasteiger charge is 2.23. The van der Waals surface area contributed by atoms with Crippen LogP contribution in [0.3, 0.4) is 0 Å². The largest absolute Gasteiger partial charge is 0.393 e. The van der Waals surface area contributed by atoms with Crippen molar-refractivity contribution < 1.29 is 5.11 Å². The number of nitrogens with one attached hydrogen (secondary N) is 1. The lowest BCUT2D eigenvalue weighted by molar-refractivity contribution is 0.162. The number of aliphatic hydroxyl groups excluding tert-OH is 1. The van der Waals surface area contributed by atoms with Gasteiger partial charge in [-0.25, -0.2) is 0 Å². The minimum absolute atomic E-state index is 0.162. The van der Waals surface area contributed by atoms with E-state index in [2.05, 4.69) is 19.2 Å². The molecule has 0 spiro atoms. The first kappa shape index (κ1) is 12.0. The molecule has 2 heteroatoms. The second kappa shape index (κ2) is 5.72. The van der Waals surface area contributed by atoms with Crippen LogP contribution in [0.15, 0.2) is 0 Å². The molecule has 14 heavy (non-hydrogen) atoms. The zero-order valence-corrected chi connectivity index (χ0v) is 9.79. The van der Waals surface area contributed by atoms with Crippen LogP contribution in [-0.4, -0.2) is 23.8 Å². The van der Waals surface area contributed by atoms with Gasteiger partial charge < -0.3 is 10.4 Å². The maximum absolute atomic E-state index is 9.22. The molecule has 0 aromatic rings. The summed E-state index contributed by atoms with van der Waals surface area (Å²) < 4.78 is 0. The van der Waals surface area contributed by atoms with E-state index in [0.717, 1.165) is 18.9 Å². The third kappa shape index (κ3) is 5.61. The number of rotatable bonds is 7. The second-order valence-corrected chi connectivity index (χ2v) is 5.18. The van der Waals surface area contributed by atoms with Gasteiger partial charge in [-0.15, -0.1) is 0 Å². The van der Waals surface area contributed by atoms with Crippen molar-refractivity contribution >= 4 is 0 Å². The first-order chi connectivity index (χ1) is 6.58. The minimum atomic E-state index is -0.162. The van der Waals surface area contributed by atoms with Crippen LogP contribution < -0.4 is 5.32 Å². The molecule has 0 aromatic carbocycles. The molecule has 0 saturated heterocycles. The average Bonchev–Trinajstić information content (AvgIpc) is 2.83. The predicted octanol–water partition coefficient (Wildman–Crippen LogP) is 2.17. The van der Waals surface area contributed by atoms with Crippen LogP contribution in [0.5, 0.6) is 0 Å².